The van der Waals surface area contributed by atoms with Gasteiger partial charge in [0, 0.05) is 19.3 Å². The summed E-state index contributed by atoms with van der Waals surface area (Å²) in [6, 6.07) is 10.6. The molecule has 0 atom stereocenters. The molecule has 0 aromatic heterocycles. The van der Waals surface area contributed by atoms with Crippen LogP contribution in [0.3, 0.4) is 0 Å². The first kappa shape index (κ1) is 36.5. The van der Waals surface area contributed by atoms with Crippen molar-refractivity contribution < 1.29 is 19.4 Å². The molecule has 0 saturated heterocycles. The lowest BCUT2D eigenvalue weighted by molar-refractivity contribution is -0.140. The van der Waals surface area contributed by atoms with Gasteiger partial charge in [-0.05, 0) is 55.4 Å². The molecule has 0 aliphatic carbocycles. The summed E-state index contributed by atoms with van der Waals surface area (Å²) in [5.41, 5.74) is 1.44. The van der Waals surface area contributed by atoms with Crippen LogP contribution in [0, 0.1) is 23.7 Å². The number of carbonyl (C=O) groups is 2. The van der Waals surface area contributed by atoms with Gasteiger partial charge in [-0.3, -0.25) is 4.79 Å². The van der Waals surface area contributed by atoms with Gasteiger partial charge in [-0.15, -0.1) is 0 Å². The maximum atomic E-state index is 10.5. The van der Waals surface area contributed by atoms with Crippen LogP contribution in [0.15, 0.2) is 42.7 Å². The van der Waals surface area contributed by atoms with E-state index in [4.69, 9.17) is 5.11 Å². The Hall–Kier alpha value is -2.10. The number of allylic oxidation sites excluding steroid dienone is 1. The summed E-state index contributed by atoms with van der Waals surface area (Å²) in [7, 11) is 1.42. The molecule has 1 aromatic carbocycles. The number of hydrogen-bond acceptors (Lipinski definition) is 4. The molecule has 0 amide bonds. The average Bonchev–Trinajstić information content (AvgIpc) is 2.71. The number of aliphatic hydroxyl groups is 1. The van der Waals surface area contributed by atoms with Gasteiger partial charge in [0.1, 0.15) is 5.78 Å². The van der Waals surface area contributed by atoms with E-state index in [0.29, 0.717) is 30.0 Å². The fourth-order valence-corrected chi connectivity index (χ4v) is 2.56. The lowest BCUT2D eigenvalue weighted by Gasteiger charge is -2.02. The summed E-state index contributed by atoms with van der Waals surface area (Å²) in [6.45, 7) is 22.0. The Kier molecular flexibility index (Phi) is 25.8. The van der Waals surface area contributed by atoms with Crippen molar-refractivity contribution in [1.82, 2.24) is 0 Å². The number of carbonyl (C=O) groups excluding carboxylic acids is 2. The molecule has 4 nitrogen and oxygen atoms in total. The Morgan fingerprint density at radius 2 is 1.29 bits per heavy atom. The normalized spacial score (nSPS) is 9.94. The van der Waals surface area contributed by atoms with Crippen LogP contribution in [-0.2, 0) is 20.7 Å². The van der Waals surface area contributed by atoms with Crippen LogP contribution in [0.2, 0.25) is 0 Å². The van der Waals surface area contributed by atoms with Gasteiger partial charge in [-0.1, -0.05) is 92.3 Å². The summed E-state index contributed by atoms with van der Waals surface area (Å²) in [5, 5.41) is 8.53. The van der Waals surface area contributed by atoms with Crippen LogP contribution in [-0.4, -0.2) is 24.0 Å². The van der Waals surface area contributed by atoms with E-state index in [2.05, 4.69) is 83.2 Å². The minimum atomic E-state index is -0.108. The maximum Gasteiger partial charge on any atom is 0.305 e. The Morgan fingerprint density at radius 1 is 0.824 bits per heavy atom. The molecule has 0 aliphatic rings. The summed E-state index contributed by atoms with van der Waals surface area (Å²) in [6.07, 6.45) is 5.18. The highest BCUT2D eigenvalue weighted by atomic mass is 16.5. The molecule has 0 radical (unpaired) electrons. The predicted octanol–water partition coefficient (Wildman–Crippen LogP) is 8.60. The molecular weight excluding hydrogens is 424 g/mol. The Labute approximate surface area is 211 Å². The highest BCUT2D eigenvalue weighted by Gasteiger charge is 2.00. The van der Waals surface area contributed by atoms with Gasteiger partial charge in [0.15, 0.2) is 0 Å². The molecule has 0 bridgehead atoms. The Morgan fingerprint density at radius 3 is 1.56 bits per heavy atom. The minimum Gasteiger partial charge on any atom is -0.513 e. The van der Waals surface area contributed by atoms with Crippen molar-refractivity contribution >= 4 is 11.8 Å². The predicted molar refractivity (Wildman–Crippen MR) is 147 cm³/mol. The number of esters is 1. The van der Waals surface area contributed by atoms with Crippen molar-refractivity contribution in [1.29, 1.82) is 0 Å². The van der Waals surface area contributed by atoms with E-state index in [1.807, 2.05) is 13.8 Å². The van der Waals surface area contributed by atoms with Crippen LogP contribution < -0.4 is 0 Å². The second-order valence-electron chi connectivity index (χ2n) is 10.4. The van der Waals surface area contributed by atoms with Gasteiger partial charge in [-0.2, -0.15) is 0 Å². The Balaban J connectivity index is -0.000000381. The molecule has 198 valence electrons. The molecule has 1 rings (SSSR count). The van der Waals surface area contributed by atoms with E-state index >= 15 is 0 Å². The highest BCUT2D eigenvalue weighted by molar-refractivity contribution is 5.75. The third kappa shape index (κ3) is 37.2. The number of ether oxygens (including phenoxy) is 1. The topological polar surface area (TPSA) is 63.6 Å². The maximum absolute atomic E-state index is 10.5. The lowest BCUT2D eigenvalue weighted by atomic mass is 10.0. The smallest absolute Gasteiger partial charge is 0.305 e. The van der Waals surface area contributed by atoms with Crippen molar-refractivity contribution in [2.75, 3.05) is 7.11 Å². The minimum absolute atomic E-state index is 0.108. The molecule has 0 fully saturated rings. The number of benzene rings is 1. The van der Waals surface area contributed by atoms with E-state index < -0.39 is 0 Å². The van der Waals surface area contributed by atoms with Crippen LogP contribution in [0.5, 0.6) is 0 Å². The van der Waals surface area contributed by atoms with Gasteiger partial charge in [0.25, 0.3) is 0 Å². The third-order valence-corrected chi connectivity index (χ3v) is 4.36. The van der Waals surface area contributed by atoms with E-state index in [-0.39, 0.29) is 11.7 Å². The van der Waals surface area contributed by atoms with Crippen molar-refractivity contribution in [3.8, 4) is 0 Å². The van der Waals surface area contributed by atoms with Crippen molar-refractivity contribution in [2.24, 2.45) is 23.7 Å². The summed E-state index contributed by atoms with van der Waals surface area (Å²) < 4.78 is 4.46. The molecule has 0 unspecified atom stereocenters. The molecular formula is C30H54O4. The van der Waals surface area contributed by atoms with Crippen LogP contribution in [0.1, 0.15) is 100.0 Å². The first-order valence-electron chi connectivity index (χ1n) is 12.7. The first-order chi connectivity index (χ1) is 15.7. The quantitative estimate of drug-likeness (QED) is 0.270. The SMILES string of the molecule is C=C(O)CC(C)C.CC(=O)CCC(C)C.CC(C)Cc1ccccc1.COC(=O)CCC(C)C. The van der Waals surface area contributed by atoms with Crippen LogP contribution in [0.25, 0.3) is 0 Å². The molecule has 1 N–H and O–H groups in total. The van der Waals surface area contributed by atoms with Gasteiger partial charge in [0.05, 0.1) is 12.9 Å². The van der Waals surface area contributed by atoms with E-state index in [1.54, 1.807) is 6.92 Å². The highest BCUT2D eigenvalue weighted by Crippen LogP contribution is 2.06. The summed E-state index contributed by atoms with van der Waals surface area (Å²) >= 11 is 0. The fraction of sp³-hybridized carbons (Fsp3) is 0.667. The number of ketones is 1. The summed E-state index contributed by atoms with van der Waals surface area (Å²) in [4.78, 5) is 20.8. The van der Waals surface area contributed by atoms with Gasteiger partial charge in [-0.25, -0.2) is 0 Å². The van der Waals surface area contributed by atoms with Crippen molar-refractivity contribution in [3.63, 3.8) is 0 Å². The lowest BCUT2D eigenvalue weighted by Crippen LogP contribution is -2.01. The monoisotopic (exact) mass is 478 g/mol. The van der Waals surface area contributed by atoms with Crippen molar-refractivity contribution in [3.05, 3.63) is 48.2 Å². The zero-order chi connectivity index (χ0) is 27.1. The van der Waals surface area contributed by atoms with Gasteiger partial charge >= 0.3 is 5.97 Å². The van der Waals surface area contributed by atoms with Gasteiger partial charge < -0.3 is 14.6 Å². The largest absolute Gasteiger partial charge is 0.513 e. The second-order valence-corrected chi connectivity index (χ2v) is 10.4. The number of aliphatic hydroxyl groups excluding tert-OH is 1. The molecule has 0 aliphatic heterocycles. The van der Waals surface area contributed by atoms with Crippen molar-refractivity contribution in [2.45, 2.75) is 101 Å². The fourth-order valence-electron chi connectivity index (χ4n) is 2.56. The van der Waals surface area contributed by atoms with E-state index in [9.17, 15) is 9.59 Å². The molecule has 1 aromatic rings. The third-order valence-electron chi connectivity index (χ3n) is 4.36. The molecule has 4 heteroatoms. The van der Waals surface area contributed by atoms with Crippen LogP contribution in [0.4, 0.5) is 0 Å². The number of hydrogen-bond donors (Lipinski definition) is 1. The number of methoxy groups -OCH3 is 1. The first-order valence-corrected chi connectivity index (χ1v) is 12.7. The number of rotatable bonds is 10. The molecule has 0 spiro atoms. The van der Waals surface area contributed by atoms with Gasteiger partial charge in [0.2, 0.25) is 0 Å². The van der Waals surface area contributed by atoms with Crippen LogP contribution >= 0.6 is 0 Å². The van der Waals surface area contributed by atoms with E-state index in [0.717, 1.165) is 31.6 Å². The zero-order valence-electron chi connectivity index (χ0n) is 23.8. The van der Waals surface area contributed by atoms with E-state index in [1.165, 1.54) is 19.1 Å². The number of Topliss-reactive ketones (excluding diaryl/α,β-unsaturated/α-hetero) is 1. The molecule has 34 heavy (non-hydrogen) atoms. The molecule has 0 heterocycles. The summed E-state index contributed by atoms with van der Waals surface area (Å²) in [5.74, 6) is 3.03. The standard InChI is InChI=1S/C10H14.C7H14O2.C7H14O.C6H12O/c1-9(2)8-10-6-4-3-5-7-10;1-6(2)4-5-7(8)9-3;1-6(2)4-5-7(3)8;1-5(2)4-6(3)7/h3-7,9H,8H2,1-2H3;6H,4-5H2,1-3H3;6H,4-5H2,1-3H3;5,7H,3-4H2,1-2H3. The molecule has 0 saturated carbocycles. The zero-order valence-corrected chi connectivity index (χ0v) is 23.8. The average molecular weight is 479 g/mol. The second kappa shape index (κ2) is 24.0. The Bertz CT molecular complexity index is 616.